The zero-order valence-corrected chi connectivity index (χ0v) is 13.3. The molecule has 0 aliphatic rings. The molecule has 0 radical (unpaired) electrons. The number of carbonyl (C=O) groups is 1. The smallest absolute Gasteiger partial charge is 0.239 e. The van der Waals surface area contributed by atoms with Crippen molar-refractivity contribution in [2.45, 2.75) is 19.9 Å². The number of carbonyl (C=O) groups excluding carboxylic acids is 1. The van der Waals surface area contributed by atoms with Crippen LogP contribution in [-0.2, 0) is 4.79 Å². The lowest BCUT2D eigenvalue weighted by Gasteiger charge is -2.26. The van der Waals surface area contributed by atoms with E-state index in [9.17, 15) is 4.79 Å². The van der Waals surface area contributed by atoms with E-state index >= 15 is 0 Å². The molecule has 0 saturated carbocycles. The molecule has 0 spiro atoms. The van der Waals surface area contributed by atoms with Crippen LogP contribution in [0.25, 0.3) is 0 Å². The summed E-state index contributed by atoms with van der Waals surface area (Å²) >= 11 is 0. The summed E-state index contributed by atoms with van der Waals surface area (Å²) in [6.45, 7) is 3.65. The molecule has 0 bridgehead atoms. The predicted octanol–water partition coefficient (Wildman–Crippen LogP) is 1.96. The molecule has 114 valence electrons. The summed E-state index contributed by atoms with van der Waals surface area (Å²) in [6.07, 6.45) is 0. The normalized spacial score (nSPS) is 12.6. The highest BCUT2D eigenvalue weighted by molar-refractivity contribution is 5.84. The second kappa shape index (κ2) is 7.09. The predicted molar refractivity (Wildman–Crippen MR) is 81.8 cm³/mol. The van der Waals surface area contributed by atoms with E-state index in [-0.39, 0.29) is 11.9 Å². The molecule has 1 rings (SSSR count). The molecule has 0 saturated heterocycles. The van der Waals surface area contributed by atoms with Crippen molar-refractivity contribution in [2.24, 2.45) is 5.41 Å². The SMILES string of the molecule is COc1cccc(C(CNC(=O)C(C)(C)C#N)N(C)C)c1. The maximum absolute atomic E-state index is 12.0. The van der Waals surface area contributed by atoms with Crippen LogP contribution in [-0.4, -0.2) is 38.6 Å². The highest BCUT2D eigenvalue weighted by atomic mass is 16.5. The van der Waals surface area contributed by atoms with Gasteiger partial charge in [-0.3, -0.25) is 4.79 Å². The number of amides is 1. The van der Waals surface area contributed by atoms with Gasteiger partial charge in [0.2, 0.25) is 5.91 Å². The van der Waals surface area contributed by atoms with Crippen LogP contribution in [0.15, 0.2) is 24.3 Å². The maximum atomic E-state index is 12.0. The molecule has 1 unspecified atom stereocenters. The molecule has 0 aliphatic heterocycles. The van der Waals surface area contributed by atoms with Crippen molar-refractivity contribution >= 4 is 5.91 Å². The van der Waals surface area contributed by atoms with Gasteiger partial charge in [0.25, 0.3) is 0 Å². The molecule has 1 N–H and O–H groups in total. The second-order valence-electron chi connectivity index (χ2n) is 5.70. The van der Waals surface area contributed by atoms with Gasteiger partial charge in [0.05, 0.1) is 19.2 Å². The van der Waals surface area contributed by atoms with Crippen LogP contribution in [0.4, 0.5) is 0 Å². The fraction of sp³-hybridized carbons (Fsp3) is 0.500. The average Bonchev–Trinajstić information content (AvgIpc) is 2.47. The third kappa shape index (κ3) is 4.47. The van der Waals surface area contributed by atoms with Gasteiger partial charge in [0.15, 0.2) is 0 Å². The molecular weight excluding hydrogens is 266 g/mol. The molecule has 5 nitrogen and oxygen atoms in total. The highest BCUT2D eigenvalue weighted by Crippen LogP contribution is 2.22. The number of nitriles is 1. The van der Waals surface area contributed by atoms with Gasteiger partial charge in [-0.15, -0.1) is 0 Å². The van der Waals surface area contributed by atoms with Crippen molar-refractivity contribution in [3.63, 3.8) is 0 Å². The van der Waals surface area contributed by atoms with Crippen LogP contribution in [0.2, 0.25) is 0 Å². The molecule has 0 fully saturated rings. The summed E-state index contributed by atoms with van der Waals surface area (Å²) in [5.74, 6) is 0.516. The zero-order valence-electron chi connectivity index (χ0n) is 13.3. The monoisotopic (exact) mass is 289 g/mol. The zero-order chi connectivity index (χ0) is 16.0. The molecule has 0 aromatic heterocycles. The van der Waals surface area contributed by atoms with E-state index in [1.54, 1.807) is 21.0 Å². The third-order valence-electron chi connectivity index (χ3n) is 3.41. The maximum Gasteiger partial charge on any atom is 0.239 e. The van der Waals surface area contributed by atoms with Gasteiger partial charge in [-0.05, 0) is 45.6 Å². The number of methoxy groups -OCH3 is 1. The average molecular weight is 289 g/mol. The molecule has 21 heavy (non-hydrogen) atoms. The molecular formula is C16H23N3O2. The summed E-state index contributed by atoms with van der Waals surface area (Å²) in [5, 5.41) is 11.8. The van der Waals surface area contributed by atoms with E-state index in [0.717, 1.165) is 11.3 Å². The van der Waals surface area contributed by atoms with Gasteiger partial charge in [0, 0.05) is 6.54 Å². The number of nitrogens with one attached hydrogen (secondary N) is 1. The first-order chi connectivity index (χ1) is 9.81. The molecule has 5 heteroatoms. The van der Waals surface area contributed by atoms with Gasteiger partial charge in [-0.1, -0.05) is 12.1 Å². The topological polar surface area (TPSA) is 65.4 Å². The van der Waals surface area contributed by atoms with E-state index in [2.05, 4.69) is 5.32 Å². The van der Waals surface area contributed by atoms with Crippen molar-refractivity contribution in [1.82, 2.24) is 10.2 Å². The number of rotatable bonds is 6. The summed E-state index contributed by atoms with van der Waals surface area (Å²) < 4.78 is 5.23. The van der Waals surface area contributed by atoms with Crippen LogP contribution < -0.4 is 10.1 Å². The number of hydrogen-bond acceptors (Lipinski definition) is 4. The minimum Gasteiger partial charge on any atom is -0.497 e. The van der Waals surface area contributed by atoms with E-state index in [4.69, 9.17) is 10.00 Å². The van der Waals surface area contributed by atoms with Gasteiger partial charge in [-0.2, -0.15) is 5.26 Å². The molecule has 1 atom stereocenters. The van der Waals surface area contributed by atoms with Crippen LogP contribution >= 0.6 is 0 Å². The number of likely N-dealkylation sites (N-methyl/N-ethyl adjacent to an activating group) is 1. The third-order valence-corrected chi connectivity index (χ3v) is 3.41. The Bertz CT molecular complexity index is 533. The summed E-state index contributed by atoms with van der Waals surface area (Å²) in [7, 11) is 5.53. The van der Waals surface area contributed by atoms with Gasteiger partial charge in [0.1, 0.15) is 11.2 Å². The van der Waals surface area contributed by atoms with Crippen molar-refractivity contribution in [3.8, 4) is 11.8 Å². The van der Waals surface area contributed by atoms with Crippen LogP contribution in [0, 0.1) is 16.7 Å². The summed E-state index contributed by atoms with van der Waals surface area (Å²) in [6, 6.07) is 9.77. The summed E-state index contributed by atoms with van der Waals surface area (Å²) in [4.78, 5) is 14.0. The Kier molecular flexibility index (Phi) is 5.74. The number of nitrogens with zero attached hydrogens (tertiary/aromatic N) is 2. The van der Waals surface area contributed by atoms with E-state index in [1.807, 2.05) is 49.3 Å². The Labute approximate surface area is 126 Å². The highest BCUT2D eigenvalue weighted by Gasteiger charge is 2.28. The van der Waals surface area contributed by atoms with Crippen LogP contribution in [0.5, 0.6) is 5.75 Å². The molecule has 0 aliphatic carbocycles. The van der Waals surface area contributed by atoms with Gasteiger partial charge >= 0.3 is 0 Å². The minimum atomic E-state index is -1.02. The Balaban J connectivity index is 2.84. The lowest BCUT2D eigenvalue weighted by molar-refractivity contribution is -0.127. The van der Waals surface area contributed by atoms with Crippen LogP contribution in [0.1, 0.15) is 25.5 Å². The fourth-order valence-electron chi connectivity index (χ4n) is 1.91. The van der Waals surface area contributed by atoms with Crippen LogP contribution in [0.3, 0.4) is 0 Å². The largest absolute Gasteiger partial charge is 0.497 e. The first-order valence-electron chi connectivity index (χ1n) is 6.81. The Hall–Kier alpha value is -2.06. The van der Waals surface area contributed by atoms with Crippen molar-refractivity contribution < 1.29 is 9.53 Å². The fourth-order valence-corrected chi connectivity index (χ4v) is 1.91. The Morgan fingerprint density at radius 2 is 2.14 bits per heavy atom. The van der Waals surface area contributed by atoms with Gasteiger partial charge < -0.3 is 15.0 Å². The number of ether oxygens (including phenoxy) is 1. The Morgan fingerprint density at radius 3 is 2.67 bits per heavy atom. The van der Waals surface area contributed by atoms with Crippen molar-refractivity contribution in [3.05, 3.63) is 29.8 Å². The Morgan fingerprint density at radius 1 is 1.48 bits per heavy atom. The van der Waals surface area contributed by atoms with E-state index in [0.29, 0.717) is 6.54 Å². The molecule has 1 amide bonds. The molecule has 1 aromatic rings. The molecule has 0 heterocycles. The summed E-state index contributed by atoms with van der Waals surface area (Å²) in [5.41, 5.74) is 0.0278. The lowest BCUT2D eigenvalue weighted by atomic mass is 9.94. The standard InChI is InChI=1S/C16H23N3O2/c1-16(2,11-17)15(20)18-10-14(19(3)4)12-7-6-8-13(9-12)21-5/h6-9,14H,10H2,1-5H3,(H,18,20). The van der Waals surface area contributed by atoms with E-state index < -0.39 is 5.41 Å². The van der Waals surface area contributed by atoms with Crippen molar-refractivity contribution in [1.29, 1.82) is 5.26 Å². The number of benzene rings is 1. The van der Waals surface area contributed by atoms with Crippen molar-refractivity contribution in [2.75, 3.05) is 27.7 Å². The van der Waals surface area contributed by atoms with E-state index in [1.165, 1.54) is 0 Å². The second-order valence-corrected chi connectivity index (χ2v) is 5.70. The first kappa shape index (κ1) is 17.0. The lowest BCUT2D eigenvalue weighted by Crippen LogP contribution is -2.40. The first-order valence-corrected chi connectivity index (χ1v) is 6.81. The minimum absolute atomic E-state index is 0.0125. The molecule has 1 aromatic carbocycles. The quantitative estimate of drug-likeness (QED) is 0.869. The number of hydrogen-bond donors (Lipinski definition) is 1. The van der Waals surface area contributed by atoms with Gasteiger partial charge in [-0.25, -0.2) is 0 Å².